The Labute approximate surface area is 215 Å². The average molecular weight is 533 g/mol. The number of benzene rings is 2. The molecule has 0 radical (unpaired) electrons. The highest BCUT2D eigenvalue weighted by atomic mass is 19.1. The molecule has 2 atom stereocenters. The number of nitrogens with one attached hydrogen (secondary N) is 2. The predicted octanol–water partition coefficient (Wildman–Crippen LogP) is 0.432. The van der Waals surface area contributed by atoms with E-state index >= 15 is 8.78 Å². The summed E-state index contributed by atoms with van der Waals surface area (Å²) in [5.74, 6) is -2.36. The number of rotatable bonds is 9. The molecule has 2 aliphatic heterocycles. The van der Waals surface area contributed by atoms with Gasteiger partial charge in [-0.2, -0.15) is 0 Å². The number of amides is 4. The van der Waals surface area contributed by atoms with Gasteiger partial charge in [-0.3, -0.25) is 19.4 Å². The van der Waals surface area contributed by atoms with Crippen LogP contribution in [0.5, 0.6) is 0 Å². The van der Waals surface area contributed by atoms with Gasteiger partial charge in [0.25, 0.3) is 0 Å². The summed E-state index contributed by atoms with van der Waals surface area (Å²) in [5, 5.41) is 5.04. The molecule has 4 amide bonds. The number of anilines is 2. The summed E-state index contributed by atoms with van der Waals surface area (Å²) in [4.78, 5) is 49.5. The lowest BCUT2D eigenvalue weighted by Crippen LogP contribution is -2.37. The Bertz CT molecular complexity index is 1170. The van der Waals surface area contributed by atoms with E-state index in [9.17, 15) is 19.2 Å². The minimum absolute atomic E-state index is 0.0523. The highest BCUT2D eigenvalue weighted by Gasteiger charge is 2.34. The molecule has 2 aromatic carbocycles. The van der Waals surface area contributed by atoms with Crippen molar-refractivity contribution in [2.75, 3.05) is 49.1 Å². The second-order valence-electron chi connectivity index (χ2n) is 8.58. The van der Waals surface area contributed by atoms with Gasteiger partial charge in [0.05, 0.1) is 50.6 Å². The van der Waals surface area contributed by atoms with E-state index < -0.39 is 47.8 Å². The van der Waals surface area contributed by atoms with Crippen molar-refractivity contribution in [2.45, 2.75) is 12.2 Å². The lowest BCUT2D eigenvalue weighted by Gasteiger charge is -2.16. The van der Waals surface area contributed by atoms with Crippen molar-refractivity contribution < 1.29 is 37.4 Å². The van der Waals surface area contributed by atoms with Crippen molar-refractivity contribution in [2.24, 2.45) is 11.5 Å². The first-order valence-corrected chi connectivity index (χ1v) is 11.7. The van der Waals surface area contributed by atoms with Crippen molar-refractivity contribution in [3.05, 3.63) is 48.0 Å². The number of cyclic esters (lactones) is 2. The summed E-state index contributed by atoms with van der Waals surface area (Å²) in [5.41, 5.74) is 10.8. The molecule has 14 heteroatoms. The molecule has 0 aromatic heterocycles. The highest BCUT2D eigenvalue weighted by Crippen LogP contribution is 2.33. The predicted molar refractivity (Wildman–Crippen MR) is 131 cm³/mol. The number of ether oxygens (including phenoxy) is 2. The van der Waals surface area contributed by atoms with Crippen LogP contribution in [0.1, 0.15) is 0 Å². The quantitative estimate of drug-likeness (QED) is 0.360. The Hall–Kier alpha value is -4.30. The van der Waals surface area contributed by atoms with Gasteiger partial charge in [-0.05, 0) is 36.4 Å². The van der Waals surface area contributed by atoms with Crippen LogP contribution in [0.2, 0.25) is 0 Å². The molecule has 2 heterocycles. The largest absolute Gasteiger partial charge is 0.442 e. The van der Waals surface area contributed by atoms with Crippen LogP contribution in [0.3, 0.4) is 0 Å². The smallest absolute Gasteiger partial charge is 0.414 e. The van der Waals surface area contributed by atoms with E-state index in [1.807, 2.05) is 0 Å². The molecule has 0 unspecified atom stereocenters. The maximum absolute atomic E-state index is 15.0. The van der Waals surface area contributed by atoms with Crippen LogP contribution in [0.15, 0.2) is 36.4 Å². The van der Waals surface area contributed by atoms with Crippen LogP contribution < -0.4 is 31.9 Å². The second-order valence-corrected chi connectivity index (χ2v) is 8.58. The fraction of sp³-hybridized carbons (Fsp3) is 0.333. The van der Waals surface area contributed by atoms with Gasteiger partial charge >= 0.3 is 12.2 Å². The molecule has 6 N–H and O–H groups in total. The first-order valence-electron chi connectivity index (χ1n) is 11.7. The normalized spacial score (nSPS) is 18.8. The Morgan fingerprint density at radius 2 is 1.18 bits per heavy atom. The van der Waals surface area contributed by atoms with Crippen molar-refractivity contribution in [1.82, 2.24) is 10.6 Å². The summed E-state index contributed by atoms with van der Waals surface area (Å²) in [6, 6.07) is 7.74. The topological polar surface area (TPSA) is 169 Å². The molecular formula is C24H26F2N6O6. The zero-order valence-electron chi connectivity index (χ0n) is 20.1. The van der Waals surface area contributed by atoms with Crippen molar-refractivity contribution >= 4 is 35.4 Å². The molecule has 12 nitrogen and oxygen atoms in total. The van der Waals surface area contributed by atoms with Gasteiger partial charge in [0.15, 0.2) is 0 Å². The van der Waals surface area contributed by atoms with Crippen LogP contribution in [0.4, 0.5) is 29.7 Å². The third-order valence-corrected chi connectivity index (χ3v) is 5.99. The number of halogens is 2. The molecule has 4 rings (SSSR count). The lowest BCUT2D eigenvalue weighted by atomic mass is 10.0. The third kappa shape index (κ3) is 5.81. The molecule has 2 aromatic rings. The molecule has 0 saturated carbocycles. The van der Waals surface area contributed by atoms with Gasteiger partial charge in [-0.25, -0.2) is 18.4 Å². The zero-order valence-corrected chi connectivity index (χ0v) is 20.1. The molecule has 2 aliphatic rings. The Balaban J connectivity index is 1.44. The Morgan fingerprint density at radius 1 is 0.789 bits per heavy atom. The van der Waals surface area contributed by atoms with Crippen LogP contribution >= 0.6 is 0 Å². The van der Waals surface area contributed by atoms with E-state index in [0.29, 0.717) is 0 Å². The fourth-order valence-electron chi connectivity index (χ4n) is 4.06. The maximum Gasteiger partial charge on any atom is 0.414 e. The van der Waals surface area contributed by atoms with Crippen molar-refractivity contribution in [3.8, 4) is 11.1 Å². The molecule has 0 aliphatic carbocycles. The summed E-state index contributed by atoms with van der Waals surface area (Å²) in [6.45, 7) is -0.130. The van der Waals surface area contributed by atoms with Crippen LogP contribution in [-0.4, -0.2) is 75.5 Å². The monoisotopic (exact) mass is 532 g/mol. The number of carbonyl (C=O) groups excluding carboxylic acids is 4. The van der Waals surface area contributed by atoms with Gasteiger partial charge in [0, 0.05) is 11.1 Å². The van der Waals surface area contributed by atoms with Gasteiger partial charge in [-0.1, -0.05) is 0 Å². The number of hydrogen-bond donors (Lipinski definition) is 4. The molecule has 0 spiro atoms. The second kappa shape index (κ2) is 11.4. The van der Waals surface area contributed by atoms with E-state index in [-0.39, 0.29) is 61.8 Å². The van der Waals surface area contributed by atoms with E-state index in [1.165, 1.54) is 34.1 Å². The summed E-state index contributed by atoms with van der Waals surface area (Å²) in [7, 11) is 0. The fourth-order valence-corrected chi connectivity index (χ4v) is 4.06. The lowest BCUT2D eigenvalue weighted by molar-refractivity contribution is -0.120. The molecule has 38 heavy (non-hydrogen) atoms. The summed E-state index contributed by atoms with van der Waals surface area (Å²) >= 11 is 0. The van der Waals surface area contributed by atoms with Gasteiger partial charge < -0.3 is 31.6 Å². The molecular weight excluding hydrogens is 506 g/mol. The number of nitrogens with two attached hydrogens (primary N) is 2. The van der Waals surface area contributed by atoms with E-state index in [2.05, 4.69) is 10.6 Å². The zero-order chi connectivity index (χ0) is 27.4. The van der Waals surface area contributed by atoms with Crippen LogP contribution in [0.25, 0.3) is 11.1 Å². The van der Waals surface area contributed by atoms with Gasteiger partial charge in [0.2, 0.25) is 11.8 Å². The average Bonchev–Trinajstić information content (AvgIpc) is 3.47. The minimum Gasteiger partial charge on any atom is -0.442 e. The SMILES string of the molecule is NCC(=O)NC[C@@H]1CN(c2ccc(-c3ccc(N4C[C@H](CNC(=O)CN)OC4=O)cc3F)c(F)c2)C(=O)O1. The standard InChI is InChI=1S/C24H26F2N6O6/c25-19-5-13(31-11-15(37-23(31)35)9-29-21(33)7-27)1-3-17(19)18-4-2-14(6-20(18)26)32-12-16(38-24(32)36)10-30-22(34)8-28/h1-6,15-16H,7-12,27-28H2,(H,29,33)(H,30,34)/t15-,16+. The summed E-state index contributed by atoms with van der Waals surface area (Å²) < 4.78 is 40.5. The van der Waals surface area contributed by atoms with Crippen molar-refractivity contribution in [1.29, 1.82) is 0 Å². The highest BCUT2D eigenvalue weighted by molar-refractivity contribution is 5.91. The van der Waals surface area contributed by atoms with Crippen LogP contribution in [0, 0.1) is 11.6 Å². The van der Waals surface area contributed by atoms with E-state index in [4.69, 9.17) is 20.9 Å². The molecule has 0 bridgehead atoms. The molecule has 2 saturated heterocycles. The Kier molecular flexibility index (Phi) is 8.02. The first-order chi connectivity index (χ1) is 18.2. The number of hydrogen-bond acceptors (Lipinski definition) is 8. The Morgan fingerprint density at radius 3 is 1.53 bits per heavy atom. The van der Waals surface area contributed by atoms with Crippen LogP contribution in [-0.2, 0) is 19.1 Å². The van der Waals surface area contributed by atoms with Gasteiger partial charge in [-0.15, -0.1) is 0 Å². The third-order valence-electron chi connectivity index (χ3n) is 5.99. The van der Waals surface area contributed by atoms with E-state index in [1.54, 1.807) is 0 Å². The molecule has 202 valence electrons. The van der Waals surface area contributed by atoms with E-state index in [0.717, 1.165) is 12.1 Å². The minimum atomic E-state index is -0.780. The molecule has 2 fully saturated rings. The van der Waals surface area contributed by atoms with Crippen molar-refractivity contribution in [3.63, 3.8) is 0 Å². The number of nitrogens with zero attached hydrogens (tertiary/aromatic N) is 2. The first kappa shape index (κ1) is 26.8. The number of carbonyl (C=O) groups is 4. The van der Waals surface area contributed by atoms with Gasteiger partial charge in [0.1, 0.15) is 23.8 Å². The maximum atomic E-state index is 15.0. The summed E-state index contributed by atoms with van der Waals surface area (Å²) in [6.07, 6.45) is -2.70.